The Morgan fingerprint density at radius 2 is 1.74 bits per heavy atom. The lowest BCUT2D eigenvalue weighted by Crippen LogP contribution is -2.18. The predicted molar refractivity (Wildman–Crippen MR) is 69.0 cm³/mol. The minimum atomic E-state index is -4.11. The van der Waals surface area contributed by atoms with E-state index < -0.39 is 12.6 Å². The van der Waals surface area contributed by atoms with Crippen molar-refractivity contribution in [3.8, 4) is 0 Å². The summed E-state index contributed by atoms with van der Waals surface area (Å²) in [6.45, 7) is 4.28. The highest BCUT2D eigenvalue weighted by Gasteiger charge is 2.25. The summed E-state index contributed by atoms with van der Waals surface area (Å²) in [4.78, 5) is 0. The Kier molecular flexibility index (Phi) is 5.82. The van der Waals surface area contributed by atoms with Crippen molar-refractivity contribution in [3.05, 3.63) is 34.9 Å². The number of halogens is 3. The van der Waals surface area contributed by atoms with Crippen LogP contribution in [0.5, 0.6) is 0 Å². The van der Waals surface area contributed by atoms with E-state index in [1.54, 1.807) is 0 Å². The van der Waals surface area contributed by atoms with Crippen LogP contribution in [0.3, 0.4) is 0 Å². The number of hydrogen-bond acceptors (Lipinski definition) is 2. The SMILES string of the molecule is Cc1cc(C)cc(C(N)COCCCC(F)(F)F)c1. The van der Waals surface area contributed by atoms with Crippen molar-refractivity contribution in [1.29, 1.82) is 0 Å². The van der Waals surface area contributed by atoms with Crippen molar-refractivity contribution in [1.82, 2.24) is 0 Å². The molecule has 0 saturated carbocycles. The lowest BCUT2D eigenvalue weighted by Gasteiger charge is -2.14. The quantitative estimate of drug-likeness (QED) is 0.804. The Bertz CT molecular complexity index is 384. The van der Waals surface area contributed by atoms with Crippen molar-refractivity contribution in [2.45, 2.75) is 38.9 Å². The normalized spacial score (nSPS) is 13.6. The number of rotatable bonds is 6. The van der Waals surface area contributed by atoms with E-state index in [1.807, 2.05) is 32.0 Å². The molecular weight excluding hydrogens is 255 g/mol. The Labute approximate surface area is 111 Å². The number of nitrogens with two attached hydrogens (primary N) is 1. The molecule has 2 nitrogen and oxygen atoms in total. The van der Waals surface area contributed by atoms with Gasteiger partial charge in [0.05, 0.1) is 12.6 Å². The van der Waals surface area contributed by atoms with Crippen molar-refractivity contribution in [3.63, 3.8) is 0 Å². The molecule has 0 bridgehead atoms. The first-order valence-electron chi connectivity index (χ1n) is 6.26. The summed E-state index contributed by atoms with van der Waals surface area (Å²) in [6.07, 6.45) is -4.95. The fraction of sp³-hybridized carbons (Fsp3) is 0.571. The zero-order chi connectivity index (χ0) is 14.5. The molecule has 1 rings (SSSR count). The van der Waals surface area contributed by atoms with E-state index in [0.29, 0.717) is 0 Å². The lowest BCUT2D eigenvalue weighted by molar-refractivity contribution is -0.137. The number of ether oxygens (including phenoxy) is 1. The molecule has 0 radical (unpaired) electrons. The van der Waals surface area contributed by atoms with Crippen LogP contribution < -0.4 is 5.73 Å². The molecule has 0 spiro atoms. The minimum Gasteiger partial charge on any atom is -0.379 e. The second-order valence-corrected chi connectivity index (χ2v) is 4.82. The van der Waals surface area contributed by atoms with E-state index in [0.717, 1.165) is 16.7 Å². The predicted octanol–water partition coefficient (Wildman–Crippen LogP) is 3.66. The van der Waals surface area contributed by atoms with Crippen LogP contribution in [0, 0.1) is 13.8 Å². The van der Waals surface area contributed by atoms with Gasteiger partial charge in [0.15, 0.2) is 0 Å². The third-order valence-electron chi connectivity index (χ3n) is 2.72. The fourth-order valence-corrected chi connectivity index (χ4v) is 1.91. The summed E-state index contributed by atoms with van der Waals surface area (Å²) in [5.74, 6) is 0. The largest absolute Gasteiger partial charge is 0.389 e. The van der Waals surface area contributed by atoms with E-state index >= 15 is 0 Å². The molecule has 0 aliphatic carbocycles. The molecule has 1 unspecified atom stereocenters. The van der Waals surface area contributed by atoms with Gasteiger partial charge in [-0.1, -0.05) is 29.3 Å². The van der Waals surface area contributed by atoms with Gasteiger partial charge in [0, 0.05) is 13.0 Å². The van der Waals surface area contributed by atoms with Crippen molar-refractivity contribution in [2.75, 3.05) is 13.2 Å². The molecule has 0 heterocycles. The lowest BCUT2D eigenvalue weighted by atomic mass is 10.0. The summed E-state index contributed by atoms with van der Waals surface area (Å²) in [5.41, 5.74) is 9.13. The van der Waals surface area contributed by atoms with Crippen LogP contribution in [0.4, 0.5) is 13.2 Å². The Morgan fingerprint density at radius 3 is 2.26 bits per heavy atom. The van der Waals surface area contributed by atoms with Crippen LogP contribution >= 0.6 is 0 Å². The van der Waals surface area contributed by atoms with E-state index in [9.17, 15) is 13.2 Å². The smallest absolute Gasteiger partial charge is 0.379 e. The van der Waals surface area contributed by atoms with Gasteiger partial charge in [-0.25, -0.2) is 0 Å². The van der Waals surface area contributed by atoms with Gasteiger partial charge < -0.3 is 10.5 Å². The van der Waals surface area contributed by atoms with Crippen LogP contribution in [-0.4, -0.2) is 19.4 Å². The van der Waals surface area contributed by atoms with Gasteiger partial charge in [-0.15, -0.1) is 0 Å². The fourth-order valence-electron chi connectivity index (χ4n) is 1.91. The second kappa shape index (κ2) is 6.91. The Morgan fingerprint density at radius 1 is 1.16 bits per heavy atom. The van der Waals surface area contributed by atoms with Gasteiger partial charge in [-0.3, -0.25) is 0 Å². The molecule has 5 heteroatoms. The maximum absolute atomic E-state index is 11.9. The topological polar surface area (TPSA) is 35.2 Å². The number of alkyl halides is 3. The zero-order valence-corrected chi connectivity index (χ0v) is 11.3. The molecule has 108 valence electrons. The van der Waals surface area contributed by atoms with Gasteiger partial charge in [-0.2, -0.15) is 13.2 Å². The summed E-state index contributed by atoms with van der Waals surface area (Å²) >= 11 is 0. The average molecular weight is 275 g/mol. The number of aryl methyl sites for hydroxylation is 2. The molecule has 1 aromatic rings. The second-order valence-electron chi connectivity index (χ2n) is 4.82. The number of hydrogen-bond donors (Lipinski definition) is 1. The molecule has 0 aliphatic heterocycles. The van der Waals surface area contributed by atoms with Crippen LogP contribution in [-0.2, 0) is 4.74 Å². The van der Waals surface area contributed by atoms with Crippen molar-refractivity contribution < 1.29 is 17.9 Å². The van der Waals surface area contributed by atoms with E-state index in [1.165, 1.54) is 0 Å². The van der Waals surface area contributed by atoms with Crippen LogP contribution in [0.15, 0.2) is 18.2 Å². The maximum Gasteiger partial charge on any atom is 0.389 e. The van der Waals surface area contributed by atoms with Gasteiger partial charge in [0.1, 0.15) is 0 Å². The Hall–Kier alpha value is -1.07. The van der Waals surface area contributed by atoms with Crippen LogP contribution in [0.25, 0.3) is 0 Å². The molecule has 1 aromatic carbocycles. The summed E-state index contributed by atoms with van der Waals surface area (Å²) < 4.78 is 40.9. The molecule has 0 saturated heterocycles. The highest BCUT2D eigenvalue weighted by molar-refractivity contribution is 5.30. The number of benzene rings is 1. The van der Waals surface area contributed by atoms with Gasteiger partial charge >= 0.3 is 6.18 Å². The zero-order valence-electron chi connectivity index (χ0n) is 11.3. The highest BCUT2D eigenvalue weighted by atomic mass is 19.4. The minimum absolute atomic E-state index is 0.0247. The molecular formula is C14H20F3NO. The Balaban J connectivity index is 2.33. The molecule has 0 aromatic heterocycles. The molecule has 19 heavy (non-hydrogen) atoms. The summed E-state index contributed by atoms with van der Waals surface area (Å²) in [7, 11) is 0. The van der Waals surface area contributed by atoms with Gasteiger partial charge in [0.2, 0.25) is 0 Å². The first kappa shape index (κ1) is 16.0. The first-order chi connectivity index (χ1) is 8.78. The standard InChI is InChI=1S/C14H20F3NO/c1-10-6-11(2)8-12(7-10)13(18)9-19-5-3-4-14(15,16)17/h6-8,13H,3-5,9,18H2,1-2H3. The van der Waals surface area contributed by atoms with E-state index in [2.05, 4.69) is 0 Å². The first-order valence-corrected chi connectivity index (χ1v) is 6.26. The van der Waals surface area contributed by atoms with Crippen molar-refractivity contribution >= 4 is 0 Å². The monoisotopic (exact) mass is 275 g/mol. The third kappa shape index (κ3) is 6.59. The summed E-state index contributed by atoms with van der Waals surface area (Å²) in [5, 5.41) is 0. The molecule has 2 N–H and O–H groups in total. The molecule has 0 amide bonds. The third-order valence-corrected chi connectivity index (χ3v) is 2.72. The van der Waals surface area contributed by atoms with E-state index in [4.69, 9.17) is 10.5 Å². The van der Waals surface area contributed by atoms with Crippen molar-refractivity contribution in [2.24, 2.45) is 5.73 Å². The van der Waals surface area contributed by atoms with Crippen LogP contribution in [0.2, 0.25) is 0 Å². The van der Waals surface area contributed by atoms with E-state index in [-0.39, 0.29) is 25.7 Å². The average Bonchev–Trinajstić information content (AvgIpc) is 2.25. The molecule has 0 fully saturated rings. The molecule has 0 aliphatic rings. The van der Waals surface area contributed by atoms with Gasteiger partial charge in [0.25, 0.3) is 0 Å². The van der Waals surface area contributed by atoms with Gasteiger partial charge in [-0.05, 0) is 25.8 Å². The highest BCUT2D eigenvalue weighted by Crippen LogP contribution is 2.21. The molecule has 1 atom stereocenters. The summed E-state index contributed by atoms with van der Waals surface area (Å²) in [6, 6.07) is 5.68. The van der Waals surface area contributed by atoms with Crippen LogP contribution in [0.1, 0.15) is 35.6 Å². The maximum atomic E-state index is 11.9.